The lowest BCUT2D eigenvalue weighted by molar-refractivity contribution is 0.252. The van der Waals surface area contributed by atoms with E-state index in [-0.39, 0.29) is 6.03 Å². The second-order valence-corrected chi connectivity index (χ2v) is 5.84. The molecule has 22 heavy (non-hydrogen) atoms. The summed E-state index contributed by atoms with van der Waals surface area (Å²) in [5.74, 6) is 0.888. The average Bonchev–Trinajstić information content (AvgIpc) is 2.91. The van der Waals surface area contributed by atoms with E-state index in [4.69, 9.17) is 0 Å². The SMILES string of the molecule is CSc1nnc(CCNC(=O)Nc2ccccc2)n1C(C)C. The van der Waals surface area contributed by atoms with Crippen molar-refractivity contribution < 1.29 is 4.79 Å². The van der Waals surface area contributed by atoms with Crippen LogP contribution in [0.15, 0.2) is 35.5 Å². The highest BCUT2D eigenvalue weighted by molar-refractivity contribution is 7.98. The Morgan fingerprint density at radius 3 is 2.64 bits per heavy atom. The number of hydrogen-bond donors (Lipinski definition) is 2. The van der Waals surface area contributed by atoms with Crippen LogP contribution in [0.3, 0.4) is 0 Å². The number of thioether (sulfide) groups is 1. The van der Waals surface area contributed by atoms with Crippen molar-refractivity contribution in [3.05, 3.63) is 36.2 Å². The van der Waals surface area contributed by atoms with Gasteiger partial charge in [0.1, 0.15) is 5.82 Å². The van der Waals surface area contributed by atoms with Crippen LogP contribution < -0.4 is 10.6 Å². The monoisotopic (exact) mass is 319 g/mol. The normalized spacial score (nSPS) is 10.7. The van der Waals surface area contributed by atoms with Crippen LogP contribution in [0, 0.1) is 0 Å². The van der Waals surface area contributed by atoms with Gasteiger partial charge < -0.3 is 15.2 Å². The van der Waals surface area contributed by atoms with Crippen LogP contribution in [0.2, 0.25) is 0 Å². The van der Waals surface area contributed by atoms with E-state index < -0.39 is 0 Å². The number of rotatable bonds is 6. The fraction of sp³-hybridized carbons (Fsp3) is 0.400. The summed E-state index contributed by atoms with van der Waals surface area (Å²) in [6.07, 6.45) is 2.63. The number of aromatic nitrogens is 3. The van der Waals surface area contributed by atoms with Gasteiger partial charge in [-0.1, -0.05) is 30.0 Å². The Kier molecular flexibility index (Phi) is 5.83. The molecule has 2 rings (SSSR count). The zero-order valence-corrected chi connectivity index (χ0v) is 13.9. The molecule has 6 nitrogen and oxygen atoms in total. The van der Waals surface area contributed by atoms with Gasteiger partial charge in [0.25, 0.3) is 0 Å². The van der Waals surface area contributed by atoms with Crippen molar-refractivity contribution in [2.45, 2.75) is 31.5 Å². The molecule has 118 valence electrons. The Balaban J connectivity index is 1.86. The molecule has 1 aromatic carbocycles. The third-order valence-electron chi connectivity index (χ3n) is 3.10. The minimum Gasteiger partial charge on any atom is -0.337 e. The van der Waals surface area contributed by atoms with Gasteiger partial charge in [-0.25, -0.2) is 4.79 Å². The smallest absolute Gasteiger partial charge is 0.319 e. The van der Waals surface area contributed by atoms with Crippen molar-refractivity contribution in [3.63, 3.8) is 0 Å². The predicted octanol–water partition coefficient (Wildman–Crippen LogP) is 2.95. The first-order valence-corrected chi connectivity index (χ1v) is 8.42. The van der Waals surface area contributed by atoms with Gasteiger partial charge in [-0.3, -0.25) is 0 Å². The Morgan fingerprint density at radius 2 is 2.00 bits per heavy atom. The van der Waals surface area contributed by atoms with E-state index in [1.54, 1.807) is 11.8 Å². The van der Waals surface area contributed by atoms with Gasteiger partial charge in [-0.05, 0) is 32.2 Å². The van der Waals surface area contributed by atoms with Crippen molar-refractivity contribution in [3.8, 4) is 0 Å². The Labute approximate surface area is 134 Å². The molecule has 2 N–H and O–H groups in total. The van der Waals surface area contributed by atoms with Crippen molar-refractivity contribution in [2.75, 3.05) is 18.1 Å². The lowest BCUT2D eigenvalue weighted by atomic mass is 10.3. The molecule has 0 radical (unpaired) electrons. The minimum atomic E-state index is -0.216. The highest BCUT2D eigenvalue weighted by atomic mass is 32.2. The maximum atomic E-state index is 11.8. The lowest BCUT2D eigenvalue weighted by Crippen LogP contribution is -2.31. The van der Waals surface area contributed by atoms with E-state index in [2.05, 4.69) is 39.2 Å². The Hall–Kier alpha value is -2.02. The number of para-hydroxylation sites is 1. The summed E-state index contributed by atoms with van der Waals surface area (Å²) in [5.41, 5.74) is 0.773. The van der Waals surface area contributed by atoms with Gasteiger partial charge >= 0.3 is 6.03 Å². The largest absolute Gasteiger partial charge is 0.337 e. The number of hydrogen-bond acceptors (Lipinski definition) is 4. The molecular weight excluding hydrogens is 298 g/mol. The van der Waals surface area contributed by atoms with Crippen LogP contribution in [-0.2, 0) is 6.42 Å². The molecular formula is C15H21N5OS. The van der Waals surface area contributed by atoms with Gasteiger partial charge in [0.15, 0.2) is 5.16 Å². The van der Waals surface area contributed by atoms with E-state index in [1.165, 1.54) is 0 Å². The number of carbonyl (C=O) groups is 1. The summed E-state index contributed by atoms with van der Waals surface area (Å²) >= 11 is 1.58. The first kappa shape index (κ1) is 16.4. The molecule has 0 spiro atoms. The third kappa shape index (κ3) is 4.24. The number of urea groups is 1. The summed E-state index contributed by atoms with van der Waals surface area (Å²) in [6.45, 7) is 4.71. The van der Waals surface area contributed by atoms with Crippen LogP contribution in [-0.4, -0.2) is 33.6 Å². The number of amides is 2. The van der Waals surface area contributed by atoms with Crippen LogP contribution >= 0.6 is 11.8 Å². The molecule has 0 unspecified atom stereocenters. The van der Waals surface area contributed by atoms with Crippen molar-refractivity contribution in [1.82, 2.24) is 20.1 Å². The second kappa shape index (κ2) is 7.84. The second-order valence-electron chi connectivity index (χ2n) is 5.06. The number of benzene rings is 1. The van der Waals surface area contributed by atoms with Crippen molar-refractivity contribution in [1.29, 1.82) is 0 Å². The summed E-state index contributed by atoms with van der Waals surface area (Å²) in [7, 11) is 0. The molecule has 1 heterocycles. The molecule has 0 atom stereocenters. The van der Waals surface area contributed by atoms with E-state index in [9.17, 15) is 4.79 Å². The quantitative estimate of drug-likeness (QED) is 0.803. The van der Waals surface area contributed by atoms with Gasteiger partial charge in [0.05, 0.1) is 0 Å². The Morgan fingerprint density at radius 1 is 1.27 bits per heavy atom. The van der Waals surface area contributed by atoms with Crippen LogP contribution in [0.4, 0.5) is 10.5 Å². The number of nitrogens with zero attached hydrogens (tertiary/aromatic N) is 3. The maximum absolute atomic E-state index is 11.8. The molecule has 0 saturated carbocycles. The van der Waals surface area contributed by atoms with Crippen LogP contribution in [0.1, 0.15) is 25.7 Å². The van der Waals surface area contributed by atoms with Crippen LogP contribution in [0.25, 0.3) is 0 Å². The molecule has 0 aliphatic carbocycles. The van der Waals surface area contributed by atoms with E-state index in [1.807, 2.05) is 36.6 Å². The first-order chi connectivity index (χ1) is 10.6. The number of anilines is 1. The highest BCUT2D eigenvalue weighted by Gasteiger charge is 2.13. The molecule has 1 aromatic heterocycles. The third-order valence-corrected chi connectivity index (χ3v) is 3.74. The van der Waals surface area contributed by atoms with Gasteiger partial charge in [0.2, 0.25) is 0 Å². The van der Waals surface area contributed by atoms with Crippen molar-refractivity contribution >= 4 is 23.5 Å². The summed E-state index contributed by atoms with van der Waals surface area (Å²) < 4.78 is 2.10. The van der Waals surface area contributed by atoms with Crippen molar-refractivity contribution in [2.24, 2.45) is 0 Å². The Bertz CT molecular complexity index is 612. The number of carbonyl (C=O) groups excluding carboxylic acids is 1. The van der Waals surface area contributed by atoms with E-state index >= 15 is 0 Å². The lowest BCUT2D eigenvalue weighted by Gasteiger charge is -2.13. The molecule has 2 amide bonds. The maximum Gasteiger partial charge on any atom is 0.319 e. The van der Waals surface area contributed by atoms with E-state index in [0.29, 0.717) is 19.0 Å². The molecule has 0 fully saturated rings. The van der Waals surface area contributed by atoms with Gasteiger partial charge in [-0.2, -0.15) is 0 Å². The zero-order valence-electron chi connectivity index (χ0n) is 13.0. The molecule has 0 aliphatic heterocycles. The molecule has 2 aromatic rings. The highest BCUT2D eigenvalue weighted by Crippen LogP contribution is 2.19. The molecule has 0 aliphatic rings. The van der Waals surface area contributed by atoms with Crippen LogP contribution in [0.5, 0.6) is 0 Å². The summed E-state index contributed by atoms with van der Waals surface area (Å²) in [5, 5.41) is 14.9. The molecule has 0 saturated heterocycles. The fourth-order valence-electron chi connectivity index (χ4n) is 2.12. The first-order valence-electron chi connectivity index (χ1n) is 7.19. The summed E-state index contributed by atoms with van der Waals surface area (Å²) in [6, 6.07) is 9.44. The van der Waals surface area contributed by atoms with Gasteiger partial charge in [-0.15, -0.1) is 10.2 Å². The average molecular weight is 319 g/mol. The molecule has 7 heteroatoms. The minimum absolute atomic E-state index is 0.216. The van der Waals surface area contributed by atoms with E-state index in [0.717, 1.165) is 16.7 Å². The fourth-order valence-corrected chi connectivity index (χ4v) is 2.76. The zero-order chi connectivity index (χ0) is 15.9. The number of nitrogens with one attached hydrogen (secondary N) is 2. The van der Waals surface area contributed by atoms with Gasteiger partial charge in [0, 0.05) is 24.7 Å². The molecule has 0 bridgehead atoms. The topological polar surface area (TPSA) is 71.8 Å². The summed E-state index contributed by atoms with van der Waals surface area (Å²) in [4.78, 5) is 11.8. The standard InChI is InChI=1S/C15H21N5OS/c1-11(2)20-13(18-19-15(20)22-3)9-10-16-14(21)17-12-7-5-4-6-8-12/h4-8,11H,9-10H2,1-3H3,(H2,16,17,21). The predicted molar refractivity (Wildman–Crippen MR) is 89.4 cm³/mol.